The fraction of sp³-hybridized carbons (Fsp3) is 0.130. The summed E-state index contributed by atoms with van der Waals surface area (Å²) in [6, 6.07) is 16.9. The van der Waals surface area contributed by atoms with E-state index in [1.165, 1.54) is 48.5 Å². The minimum absolute atomic E-state index is 0.151. The number of nitrogens with zero attached hydrogens (tertiary/aromatic N) is 1. The van der Waals surface area contributed by atoms with Crippen LogP contribution in [0.2, 0.25) is 0 Å². The summed E-state index contributed by atoms with van der Waals surface area (Å²) in [5.41, 5.74) is -0.945. The molecule has 4 aromatic rings. The van der Waals surface area contributed by atoms with E-state index in [1.54, 1.807) is 6.07 Å². The van der Waals surface area contributed by atoms with Crippen LogP contribution in [0.4, 0.5) is 31.3 Å². The average Bonchev–Trinajstić information content (AvgIpc) is 3.17. The number of alkyl halides is 6. The van der Waals surface area contributed by atoms with Crippen molar-refractivity contribution in [1.82, 2.24) is 0 Å². The summed E-state index contributed by atoms with van der Waals surface area (Å²) in [5.74, 6) is -0.545. The molecule has 0 spiro atoms. The summed E-state index contributed by atoms with van der Waals surface area (Å²) in [6.45, 7) is -0.556. The lowest BCUT2D eigenvalue weighted by Crippen LogP contribution is -2.31. The molecule has 12 heteroatoms. The number of rotatable bonds is 6. The van der Waals surface area contributed by atoms with Crippen LogP contribution in [0.1, 0.15) is 11.1 Å². The molecule has 0 radical (unpaired) electrons. The maximum Gasteiger partial charge on any atom is 0.573 e. The van der Waals surface area contributed by atoms with Gasteiger partial charge < -0.3 is 4.74 Å². The van der Waals surface area contributed by atoms with Crippen LogP contribution in [0.5, 0.6) is 5.75 Å². The van der Waals surface area contributed by atoms with Crippen molar-refractivity contribution in [3.05, 3.63) is 90.0 Å². The molecule has 4 nitrogen and oxygen atoms in total. The van der Waals surface area contributed by atoms with E-state index in [0.717, 1.165) is 24.3 Å². The van der Waals surface area contributed by atoms with Crippen LogP contribution in [-0.2, 0) is 22.7 Å². The zero-order valence-corrected chi connectivity index (χ0v) is 19.1. The number of benzene rings is 3. The number of halogens is 6. The van der Waals surface area contributed by atoms with E-state index in [4.69, 9.17) is 0 Å². The quantitative estimate of drug-likeness (QED) is 0.247. The van der Waals surface area contributed by atoms with E-state index in [-0.39, 0.29) is 20.5 Å². The Balaban J connectivity index is 1.86. The van der Waals surface area contributed by atoms with Gasteiger partial charge in [-0.15, -0.1) is 24.5 Å². The number of hydrogen-bond donors (Lipinski definition) is 0. The summed E-state index contributed by atoms with van der Waals surface area (Å²) in [5, 5.41) is -0.694. The van der Waals surface area contributed by atoms with Crippen LogP contribution < -0.4 is 9.04 Å². The molecule has 0 aliphatic carbocycles. The number of thiophene rings is 1. The lowest BCUT2D eigenvalue weighted by Gasteiger charge is -2.25. The molecule has 0 saturated heterocycles. The Bertz CT molecular complexity index is 1430. The first-order valence-electron chi connectivity index (χ1n) is 9.87. The maximum atomic E-state index is 14.2. The van der Waals surface area contributed by atoms with Crippen LogP contribution in [0, 0.1) is 0 Å². The molecule has 0 saturated carbocycles. The van der Waals surface area contributed by atoms with Crippen LogP contribution >= 0.6 is 11.3 Å². The number of anilines is 1. The maximum absolute atomic E-state index is 14.2. The molecule has 0 bridgehead atoms. The molecule has 4 rings (SSSR count). The molecular weight excluding hydrogens is 516 g/mol. The molecule has 1 heterocycles. The SMILES string of the molecule is O=S(=O)(c1ccccc1)N(Cc1ccc(OC(F)(F)F)cc1)c1sc2ccccc2c1C(F)(F)F. The van der Waals surface area contributed by atoms with Crippen LogP contribution in [0.25, 0.3) is 10.1 Å². The molecule has 0 amide bonds. The van der Waals surface area contributed by atoms with E-state index in [9.17, 15) is 34.8 Å². The normalized spacial score (nSPS) is 12.6. The molecule has 0 fully saturated rings. The van der Waals surface area contributed by atoms with Crippen molar-refractivity contribution in [1.29, 1.82) is 0 Å². The lowest BCUT2D eigenvalue weighted by atomic mass is 10.1. The Morgan fingerprint density at radius 3 is 2.00 bits per heavy atom. The zero-order chi connectivity index (χ0) is 25.4. The monoisotopic (exact) mass is 531 g/mol. The van der Waals surface area contributed by atoms with Crippen LogP contribution in [0.3, 0.4) is 0 Å². The van der Waals surface area contributed by atoms with Gasteiger partial charge in [0.05, 0.1) is 17.0 Å². The predicted molar refractivity (Wildman–Crippen MR) is 120 cm³/mol. The fourth-order valence-electron chi connectivity index (χ4n) is 3.43. The van der Waals surface area contributed by atoms with E-state index in [2.05, 4.69) is 4.74 Å². The first-order valence-corrected chi connectivity index (χ1v) is 12.1. The largest absolute Gasteiger partial charge is 0.573 e. The zero-order valence-electron chi connectivity index (χ0n) is 17.5. The molecule has 184 valence electrons. The van der Waals surface area contributed by atoms with Gasteiger partial charge in [0, 0.05) is 10.1 Å². The van der Waals surface area contributed by atoms with Crippen LogP contribution in [-0.4, -0.2) is 14.8 Å². The van der Waals surface area contributed by atoms with Crippen molar-refractivity contribution >= 4 is 36.4 Å². The second kappa shape index (κ2) is 9.08. The minimum atomic E-state index is -4.93. The molecule has 3 aromatic carbocycles. The molecular formula is C23H15F6NO3S2. The van der Waals surface area contributed by atoms with Gasteiger partial charge in [-0.05, 0) is 35.9 Å². The van der Waals surface area contributed by atoms with Crippen LogP contribution in [0.15, 0.2) is 83.8 Å². The Morgan fingerprint density at radius 1 is 0.800 bits per heavy atom. The third kappa shape index (κ3) is 5.38. The van der Waals surface area contributed by atoms with Crippen molar-refractivity contribution in [2.45, 2.75) is 24.0 Å². The molecule has 1 aromatic heterocycles. The summed E-state index contributed by atoms with van der Waals surface area (Å²) >= 11 is 0.664. The number of sulfonamides is 1. The van der Waals surface area contributed by atoms with Crippen molar-refractivity contribution in [2.75, 3.05) is 4.31 Å². The highest BCUT2D eigenvalue weighted by molar-refractivity contribution is 7.93. The van der Waals surface area contributed by atoms with E-state index >= 15 is 0 Å². The number of fused-ring (bicyclic) bond motifs is 1. The minimum Gasteiger partial charge on any atom is -0.406 e. The first-order chi connectivity index (χ1) is 16.4. The van der Waals surface area contributed by atoms with Gasteiger partial charge in [0.25, 0.3) is 10.0 Å². The molecule has 0 unspecified atom stereocenters. The van der Waals surface area contributed by atoms with Gasteiger partial charge >= 0.3 is 12.5 Å². The summed E-state index contributed by atoms with van der Waals surface area (Å²) in [7, 11) is -4.49. The molecule has 0 aliphatic rings. The van der Waals surface area contributed by atoms with Gasteiger partial charge in [0.15, 0.2) is 0 Å². The van der Waals surface area contributed by atoms with E-state index < -0.39 is 45.4 Å². The Hall–Kier alpha value is -3.25. The summed E-state index contributed by atoms with van der Waals surface area (Å²) in [4.78, 5) is -0.234. The second-order valence-corrected chi connectivity index (χ2v) is 10.2. The van der Waals surface area contributed by atoms with Gasteiger partial charge in [-0.1, -0.05) is 48.5 Å². The van der Waals surface area contributed by atoms with Crippen molar-refractivity contribution < 1.29 is 39.5 Å². The lowest BCUT2D eigenvalue weighted by molar-refractivity contribution is -0.274. The Kier molecular flexibility index (Phi) is 6.45. The van der Waals surface area contributed by atoms with E-state index in [1.807, 2.05) is 0 Å². The molecule has 0 N–H and O–H groups in total. The van der Waals surface area contributed by atoms with Crippen molar-refractivity contribution in [2.24, 2.45) is 0 Å². The van der Waals surface area contributed by atoms with Crippen molar-refractivity contribution in [3.63, 3.8) is 0 Å². The third-order valence-corrected chi connectivity index (χ3v) is 7.97. The molecule has 0 aliphatic heterocycles. The second-order valence-electron chi connectivity index (χ2n) is 7.29. The van der Waals surface area contributed by atoms with E-state index in [0.29, 0.717) is 15.6 Å². The summed E-state index contributed by atoms with van der Waals surface area (Å²) in [6.07, 6.45) is -9.80. The molecule has 35 heavy (non-hydrogen) atoms. The van der Waals surface area contributed by atoms with Crippen molar-refractivity contribution in [3.8, 4) is 5.75 Å². The Labute approximate surface area is 200 Å². The summed E-state index contributed by atoms with van der Waals surface area (Å²) < 4.78 is 112. The van der Waals surface area contributed by atoms with Gasteiger partial charge in [-0.25, -0.2) is 8.42 Å². The third-order valence-electron chi connectivity index (χ3n) is 4.90. The number of ether oxygens (including phenoxy) is 1. The molecule has 0 atom stereocenters. The predicted octanol–water partition coefficient (Wildman–Crippen LogP) is 7.21. The smallest absolute Gasteiger partial charge is 0.406 e. The van der Waals surface area contributed by atoms with Gasteiger partial charge in [0.1, 0.15) is 10.8 Å². The van der Waals surface area contributed by atoms with Gasteiger partial charge in [-0.3, -0.25) is 4.31 Å². The Morgan fingerprint density at radius 2 is 1.40 bits per heavy atom. The fourth-order valence-corrected chi connectivity index (χ4v) is 6.35. The standard InChI is InChI=1S/C23H15F6NO3S2/c24-22(25,26)20-18-8-4-5-9-19(18)34-21(20)30(35(31,32)17-6-2-1-3-7-17)14-15-10-12-16(13-11-15)33-23(27,28)29/h1-13H,14H2. The topological polar surface area (TPSA) is 46.6 Å². The first kappa shape index (κ1) is 24.9. The average molecular weight is 531 g/mol. The number of hydrogen-bond acceptors (Lipinski definition) is 4. The highest BCUT2D eigenvalue weighted by Gasteiger charge is 2.41. The highest BCUT2D eigenvalue weighted by Crippen LogP contribution is 2.48. The van der Waals surface area contributed by atoms with Gasteiger partial charge in [0.2, 0.25) is 0 Å². The van der Waals surface area contributed by atoms with Gasteiger partial charge in [-0.2, -0.15) is 13.2 Å². The highest BCUT2D eigenvalue weighted by atomic mass is 32.2.